The van der Waals surface area contributed by atoms with Crippen LogP contribution in [0.15, 0.2) is 48.5 Å². The van der Waals surface area contributed by atoms with Crippen LogP contribution in [-0.4, -0.2) is 12.5 Å². The fourth-order valence-corrected chi connectivity index (χ4v) is 2.68. The standard InChI is InChI=1S/C16H14ClNO/c17-15(12-4-2-1-3-5-12)13-7-6-11-8-9-18-16(19)14(11)10-13/h1-7,10,15H,8-9H2,(H,18,19). The number of alkyl halides is 1. The van der Waals surface area contributed by atoms with Gasteiger partial charge in [-0.3, -0.25) is 4.79 Å². The molecule has 1 aliphatic rings. The monoisotopic (exact) mass is 271 g/mol. The lowest BCUT2D eigenvalue weighted by Crippen LogP contribution is -2.31. The smallest absolute Gasteiger partial charge is 0.251 e. The maximum Gasteiger partial charge on any atom is 0.251 e. The number of carbonyl (C=O) groups excluding carboxylic acids is 1. The average molecular weight is 272 g/mol. The van der Waals surface area contributed by atoms with Gasteiger partial charge in [-0.25, -0.2) is 0 Å². The zero-order valence-corrected chi connectivity index (χ0v) is 11.2. The van der Waals surface area contributed by atoms with Crippen molar-refractivity contribution in [2.24, 2.45) is 0 Å². The van der Waals surface area contributed by atoms with Gasteiger partial charge in [0.25, 0.3) is 5.91 Å². The number of halogens is 1. The average Bonchev–Trinajstić information content (AvgIpc) is 2.47. The largest absolute Gasteiger partial charge is 0.352 e. The van der Waals surface area contributed by atoms with E-state index in [1.165, 1.54) is 0 Å². The summed E-state index contributed by atoms with van der Waals surface area (Å²) in [4.78, 5) is 11.8. The molecule has 19 heavy (non-hydrogen) atoms. The van der Waals surface area contributed by atoms with Crippen LogP contribution in [0.1, 0.15) is 32.4 Å². The van der Waals surface area contributed by atoms with Crippen LogP contribution >= 0.6 is 11.6 Å². The van der Waals surface area contributed by atoms with E-state index in [9.17, 15) is 4.79 Å². The highest BCUT2D eigenvalue weighted by molar-refractivity contribution is 6.22. The summed E-state index contributed by atoms with van der Waals surface area (Å²) in [5.74, 6) is 0.0000262. The molecule has 2 nitrogen and oxygen atoms in total. The summed E-state index contributed by atoms with van der Waals surface area (Å²) in [6.07, 6.45) is 0.889. The van der Waals surface area contributed by atoms with Gasteiger partial charge >= 0.3 is 0 Å². The predicted octanol–water partition coefficient (Wildman–Crippen LogP) is 3.30. The number of hydrogen-bond acceptors (Lipinski definition) is 1. The van der Waals surface area contributed by atoms with Gasteiger partial charge in [-0.1, -0.05) is 42.5 Å². The van der Waals surface area contributed by atoms with Gasteiger partial charge in [0.1, 0.15) is 0 Å². The molecule has 0 saturated carbocycles. The first-order chi connectivity index (χ1) is 9.25. The van der Waals surface area contributed by atoms with Crippen LogP contribution in [0.4, 0.5) is 0 Å². The van der Waals surface area contributed by atoms with E-state index >= 15 is 0 Å². The molecule has 0 radical (unpaired) electrons. The van der Waals surface area contributed by atoms with Crippen molar-refractivity contribution in [3.63, 3.8) is 0 Å². The number of fused-ring (bicyclic) bond motifs is 1. The van der Waals surface area contributed by atoms with Crippen LogP contribution in [0.25, 0.3) is 0 Å². The molecule has 1 amide bonds. The summed E-state index contributed by atoms with van der Waals surface area (Å²) in [6.45, 7) is 0.716. The fourth-order valence-electron chi connectivity index (χ4n) is 2.40. The number of carbonyl (C=O) groups is 1. The third-order valence-corrected chi connectivity index (χ3v) is 3.95. The molecule has 3 heteroatoms. The minimum Gasteiger partial charge on any atom is -0.352 e. The van der Waals surface area contributed by atoms with E-state index in [-0.39, 0.29) is 11.3 Å². The SMILES string of the molecule is O=C1NCCc2ccc(C(Cl)c3ccccc3)cc21. The Bertz CT molecular complexity index is 609. The summed E-state index contributed by atoms with van der Waals surface area (Å²) in [5, 5.41) is 2.64. The Balaban J connectivity index is 1.98. The molecule has 0 saturated heterocycles. The van der Waals surface area contributed by atoms with E-state index in [4.69, 9.17) is 11.6 Å². The van der Waals surface area contributed by atoms with E-state index in [1.54, 1.807) is 0 Å². The van der Waals surface area contributed by atoms with Gasteiger partial charge in [0, 0.05) is 12.1 Å². The van der Waals surface area contributed by atoms with E-state index < -0.39 is 0 Å². The summed E-state index contributed by atoms with van der Waals surface area (Å²) in [5.41, 5.74) is 3.86. The summed E-state index contributed by atoms with van der Waals surface area (Å²) < 4.78 is 0. The Morgan fingerprint density at radius 1 is 1.05 bits per heavy atom. The summed E-state index contributed by atoms with van der Waals surface area (Å²) in [7, 11) is 0. The number of nitrogens with one attached hydrogen (secondary N) is 1. The van der Waals surface area contributed by atoms with Gasteiger partial charge in [-0.15, -0.1) is 11.6 Å². The maximum absolute atomic E-state index is 11.8. The topological polar surface area (TPSA) is 29.1 Å². The zero-order valence-electron chi connectivity index (χ0n) is 10.4. The highest BCUT2D eigenvalue weighted by Gasteiger charge is 2.19. The van der Waals surface area contributed by atoms with Crippen LogP contribution in [0, 0.1) is 0 Å². The van der Waals surface area contributed by atoms with Crippen molar-refractivity contribution >= 4 is 17.5 Å². The highest BCUT2D eigenvalue weighted by atomic mass is 35.5. The number of rotatable bonds is 2. The molecule has 2 aromatic carbocycles. The van der Waals surface area contributed by atoms with Gasteiger partial charge in [0.05, 0.1) is 5.38 Å². The molecule has 0 bridgehead atoms. The van der Waals surface area contributed by atoms with Gasteiger partial charge in [-0.05, 0) is 29.2 Å². The van der Waals surface area contributed by atoms with Crippen LogP contribution in [-0.2, 0) is 6.42 Å². The Labute approximate surface area is 117 Å². The normalized spacial score (nSPS) is 15.5. The molecule has 1 heterocycles. The Kier molecular flexibility index (Phi) is 3.26. The van der Waals surface area contributed by atoms with Crippen molar-refractivity contribution in [3.05, 3.63) is 70.8 Å². The maximum atomic E-state index is 11.8. The lowest BCUT2D eigenvalue weighted by Gasteiger charge is -2.18. The third kappa shape index (κ3) is 2.36. The van der Waals surface area contributed by atoms with Crippen LogP contribution < -0.4 is 5.32 Å². The number of benzene rings is 2. The van der Waals surface area contributed by atoms with E-state index in [1.807, 2.05) is 48.5 Å². The van der Waals surface area contributed by atoms with Gasteiger partial charge in [-0.2, -0.15) is 0 Å². The van der Waals surface area contributed by atoms with Gasteiger partial charge in [0.15, 0.2) is 0 Å². The van der Waals surface area contributed by atoms with E-state index in [0.29, 0.717) is 6.54 Å². The first kappa shape index (κ1) is 12.2. The molecule has 0 spiro atoms. The minimum absolute atomic E-state index is 0.0000262. The highest BCUT2D eigenvalue weighted by Crippen LogP contribution is 2.30. The van der Waals surface area contributed by atoms with Crippen molar-refractivity contribution in [1.82, 2.24) is 5.32 Å². The van der Waals surface area contributed by atoms with Gasteiger partial charge in [0.2, 0.25) is 0 Å². The molecular formula is C16H14ClNO. The van der Waals surface area contributed by atoms with Crippen molar-refractivity contribution < 1.29 is 4.79 Å². The summed E-state index contributed by atoms with van der Waals surface area (Å²) in [6, 6.07) is 15.8. The second-order valence-corrected chi connectivity index (χ2v) is 5.13. The molecule has 1 N–H and O–H groups in total. The molecule has 0 fully saturated rings. The molecular weight excluding hydrogens is 258 g/mol. The van der Waals surface area contributed by atoms with Crippen molar-refractivity contribution in [1.29, 1.82) is 0 Å². The van der Waals surface area contributed by atoms with Gasteiger partial charge < -0.3 is 5.32 Å². The molecule has 0 aliphatic carbocycles. The predicted molar refractivity (Wildman–Crippen MR) is 76.6 cm³/mol. The van der Waals surface area contributed by atoms with E-state index in [2.05, 4.69) is 5.32 Å². The molecule has 3 rings (SSSR count). The summed E-state index contributed by atoms with van der Waals surface area (Å²) >= 11 is 6.49. The lowest BCUT2D eigenvalue weighted by atomic mass is 9.95. The Morgan fingerprint density at radius 3 is 2.63 bits per heavy atom. The Morgan fingerprint density at radius 2 is 1.84 bits per heavy atom. The first-order valence-electron chi connectivity index (χ1n) is 6.36. The second kappa shape index (κ2) is 5.06. The van der Waals surface area contributed by atoms with Crippen molar-refractivity contribution in [2.45, 2.75) is 11.8 Å². The molecule has 1 atom stereocenters. The molecule has 2 aromatic rings. The number of amides is 1. The van der Waals surface area contributed by atoms with Crippen LogP contribution in [0.2, 0.25) is 0 Å². The molecule has 1 aliphatic heterocycles. The fraction of sp³-hybridized carbons (Fsp3) is 0.188. The molecule has 0 aromatic heterocycles. The van der Waals surface area contributed by atoms with E-state index in [0.717, 1.165) is 28.7 Å². The molecule has 96 valence electrons. The third-order valence-electron chi connectivity index (χ3n) is 3.44. The quantitative estimate of drug-likeness (QED) is 0.835. The van der Waals surface area contributed by atoms with Crippen molar-refractivity contribution in [2.75, 3.05) is 6.54 Å². The first-order valence-corrected chi connectivity index (χ1v) is 6.79. The lowest BCUT2D eigenvalue weighted by molar-refractivity contribution is 0.0946. The van der Waals surface area contributed by atoms with Crippen LogP contribution in [0.3, 0.4) is 0 Å². The zero-order chi connectivity index (χ0) is 13.2. The number of hydrogen-bond donors (Lipinski definition) is 1. The second-order valence-electron chi connectivity index (χ2n) is 4.70. The minimum atomic E-state index is -0.221. The molecule has 1 unspecified atom stereocenters. The Hall–Kier alpha value is -1.80. The van der Waals surface area contributed by atoms with Crippen LogP contribution in [0.5, 0.6) is 0 Å². The van der Waals surface area contributed by atoms with Crippen molar-refractivity contribution in [3.8, 4) is 0 Å².